The molecule has 0 spiro atoms. The molecular formula is C25H26N+. The molecule has 3 aromatic rings. The van der Waals surface area contributed by atoms with E-state index in [0.717, 1.165) is 0 Å². The molecule has 0 aliphatic heterocycles. The monoisotopic (exact) mass is 341 g/mol. The lowest BCUT2D eigenvalue weighted by Gasteiger charge is -2.36. The van der Waals surface area contributed by atoms with Gasteiger partial charge in [-0.3, -0.25) is 0 Å². The molecule has 1 nitrogen and oxygen atoms in total. The van der Waals surface area contributed by atoms with Gasteiger partial charge in [-0.25, -0.2) is 4.57 Å². The van der Waals surface area contributed by atoms with Gasteiger partial charge in [-0.15, -0.1) is 0 Å². The molecule has 1 heteroatoms. The number of fused-ring (bicyclic) bond motifs is 1. The van der Waals surface area contributed by atoms with E-state index in [4.69, 9.17) is 1.37 Å². The largest absolute Gasteiger partial charge is 0.212 e. The van der Waals surface area contributed by atoms with Crippen LogP contribution in [0.5, 0.6) is 0 Å². The quantitative estimate of drug-likeness (QED) is 0.541. The van der Waals surface area contributed by atoms with E-state index in [1.807, 2.05) is 0 Å². The number of hydrogen-bond donors (Lipinski definition) is 0. The van der Waals surface area contributed by atoms with E-state index < -0.39 is 0 Å². The maximum absolute atomic E-state index is 9.04. The summed E-state index contributed by atoms with van der Waals surface area (Å²) in [6.45, 7) is 2.16. The second-order valence-electron chi connectivity index (χ2n) is 7.97. The van der Waals surface area contributed by atoms with Crippen molar-refractivity contribution in [3.8, 4) is 22.4 Å². The molecule has 1 aromatic heterocycles. The Bertz CT molecular complexity index is 1010. The molecule has 0 N–H and O–H groups in total. The molecule has 3 fully saturated rings. The maximum atomic E-state index is 9.04. The van der Waals surface area contributed by atoms with Crippen molar-refractivity contribution in [2.75, 3.05) is 0 Å². The first-order valence-corrected chi connectivity index (χ1v) is 9.74. The first-order valence-electron chi connectivity index (χ1n) is 10.2. The third-order valence-electron chi connectivity index (χ3n) is 6.40. The second kappa shape index (κ2) is 6.09. The summed E-state index contributed by atoms with van der Waals surface area (Å²) in [7, 11) is 2.12. The highest BCUT2D eigenvalue weighted by atomic mass is 14.9. The molecule has 130 valence electrons. The number of aromatic nitrogens is 1. The Hall–Kier alpha value is -2.41. The average molecular weight is 341 g/mol. The van der Waals surface area contributed by atoms with Crippen LogP contribution in [0.15, 0.2) is 66.9 Å². The van der Waals surface area contributed by atoms with Crippen LogP contribution in [-0.2, 0) is 7.05 Å². The molecule has 1 heterocycles. The van der Waals surface area contributed by atoms with Crippen molar-refractivity contribution >= 4 is 0 Å². The minimum absolute atomic E-state index is 0.334. The van der Waals surface area contributed by atoms with Crippen LogP contribution in [0, 0.1) is 18.8 Å². The van der Waals surface area contributed by atoms with Crippen molar-refractivity contribution in [1.29, 1.82) is 0 Å². The Kier molecular flexibility index (Phi) is 3.45. The Morgan fingerprint density at radius 2 is 1.73 bits per heavy atom. The van der Waals surface area contributed by atoms with Crippen molar-refractivity contribution in [3.63, 3.8) is 0 Å². The summed E-state index contributed by atoms with van der Waals surface area (Å²) >= 11 is 0. The summed E-state index contributed by atoms with van der Waals surface area (Å²) in [6, 6.07) is 21.7. The fourth-order valence-corrected chi connectivity index (χ4v) is 4.99. The Labute approximate surface area is 157 Å². The van der Waals surface area contributed by atoms with Gasteiger partial charge in [0.2, 0.25) is 5.69 Å². The highest BCUT2D eigenvalue weighted by Gasteiger charge is 2.47. The Morgan fingerprint density at radius 3 is 2.46 bits per heavy atom. The predicted molar refractivity (Wildman–Crippen MR) is 107 cm³/mol. The molecule has 2 aromatic carbocycles. The average Bonchev–Trinajstić information content (AvgIpc) is 3.32. The van der Waals surface area contributed by atoms with Gasteiger partial charge in [0.25, 0.3) is 0 Å². The van der Waals surface area contributed by atoms with Gasteiger partial charge in [-0.2, -0.15) is 0 Å². The molecule has 0 amide bonds. The van der Waals surface area contributed by atoms with Gasteiger partial charge < -0.3 is 0 Å². The van der Waals surface area contributed by atoms with Gasteiger partial charge >= 0.3 is 0 Å². The van der Waals surface area contributed by atoms with Crippen molar-refractivity contribution in [2.24, 2.45) is 18.9 Å². The number of hydrogen-bond acceptors (Lipinski definition) is 0. The second-order valence-corrected chi connectivity index (χ2v) is 7.97. The summed E-state index contributed by atoms with van der Waals surface area (Å²) in [5.41, 5.74) is 7.44. The first-order chi connectivity index (χ1) is 13.1. The molecule has 6 rings (SSSR count). The van der Waals surface area contributed by atoms with Crippen LogP contribution in [0.25, 0.3) is 22.4 Å². The predicted octanol–water partition coefficient (Wildman–Crippen LogP) is 5.67. The van der Waals surface area contributed by atoms with Gasteiger partial charge in [0, 0.05) is 18.6 Å². The smallest absolute Gasteiger partial charge is 0.200 e. The molecule has 2 unspecified atom stereocenters. The number of rotatable bonds is 3. The molecule has 3 aliphatic carbocycles. The van der Waals surface area contributed by atoms with Crippen molar-refractivity contribution < 1.29 is 5.94 Å². The fraction of sp³-hybridized carbons (Fsp3) is 0.320. The Balaban J connectivity index is 1.52. The lowest BCUT2D eigenvalue weighted by molar-refractivity contribution is -0.659. The van der Waals surface area contributed by atoms with E-state index >= 15 is 0 Å². The van der Waals surface area contributed by atoms with Gasteiger partial charge in [0.1, 0.15) is 7.05 Å². The van der Waals surface area contributed by atoms with Crippen LogP contribution < -0.4 is 4.57 Å². The van der Waals surface area contributed by atoms with Crippen LogP contribution in [0.2, 0.25) is 0 Å². The van der Waals surface area contributed by atoms with Gasteiger partial charge in [0.05, 0.1) is 0 Å². The number of benzene rings is 2. The van der Waals surface area contributed by atoms with E-state index in [2.05, 4.69) is 85.4 Å². The Morgan fingerprint density at radius 1 is 0.923 bits per heavy atom. The molecule has 3 aliphatic rings. The zero-order valence-electron chi connectivity index (χ0n) is 16.6. The van der Waals surface area contributed by atoms with Crippen LogP contribution in [0.3, 0.4) is 0 Å². The summed E-state index contributed by atoms with van der Waals surface area (Å²) in [5, 5.41) is 0. The molecule has 3 saturated carbocycles. The summed E-state index contributed by atoms with van der Waals surface area (Å²) in [4.78, 5) is 0. The molecule has 2 bridgehead atoms. The van der Waals surface area contributed by atoms with Crippen molar-refractivity contribution in [2.45, 2.75) is 32.1 Å². The maximum Gasteiger partial charge on any atom is 0.212 e. The van der Waals surface area contributed by atoms with E-state index in [1.54, 1.807) is 0 Å². The SMILES string of the molecule is [2H]C1(c2cccc(-c3ccc(-c4ccccc4C)[n+](C)c3)c2)C2CCC1C2. The van der Waals surface area contributed by atoms with E-state index in [0.29, 0.717) is 11.8 Å². The number of aryl methyl sites for hydroxylation is 2. The van der Waals surface area contributed by atoms with Crippen LogP contribution in [0.1, 0.15) is 37.7 Å². The third kappa shape index (κ3) is 2.49. The number of nitrogens with zero attached hydrogens (tertiary/aromatic N) is 1. The zero-order valence-corrected chi connectivity index (χ0v) is 15.6. The summed E-state index contributed by atoms with van der Waals surface area (Å²) in [6.07, 6.45) is 5.94. The van der Waals surface area contributed by atoms with E-state index in [-0.39, 0.29) is 5.89 Å². The van der Waals surface area contributed by atoms with Crippen LogP contribution >= 0.6 is 0 Å². The van der Waals surface area contributed by atoms with E-state index in [1.165, 1.54) is 52.8 Å². The molecular weight excluding hydrogens is 314 g/mol. The number of pyridine rings is 1. The topological polar surface area (TPSA) is 3.88 Å². The summed E-state index contributed by atoms with van der Waals surface area (Å²) in [5.74, 6) is 0.800. The molecule has 0 saturated heterocycles. The first kappa shape index (κ1) is 14.7. The van der Waals surface area contributed by atoms with Crippen molar-refractivity contribution in [3.05, 3.63) is 78.0 Å². The minimum Gasteiger partial charge on any atom is -0.200 e. The third-order valence-corrected chi connectivity index (χ3v) is 6.40. The standard InChI is InChI=1S/C25H26N/c1-17-6-3-4-9-23(17)24-13-12-22(16-26(24)2)18-7-5-8-19(14-18)25-20-10-11-21(25)15-20/h3-9,12-14,16,20-21,25H,10-11,15H2,1-2H3/q+1/i25D. The lowest BCUT2D eigenvalue weighted by Crippen LogP contribution is -2.30. The highest BCUT2D eigenvalue weighted by Crippen LogP contribution is 2.58. The highest BCUT2D eigenvalue weighted by molar-refractivity contribution is 5.66. The fourth-order valence-electron chi connectivity index (χ4n) is 4.99. The lowest BCUT2D eigenvalue weighted by atomic mass is 9.68. The van der Waals surface area contributed by atoms with Crippen LogP contribution in [0.4, 0.5) is 0 Å². The molecule has 26 heavy (non-hydrogen) atoms. The molecule has 2 atom stereocenters. The van der Waals surface area contributed by atoms with Gasteiger partial charge in [0.15, 0.2) is 6.20 Å². The van der Waals surface area contributed by atoms with Crippen molar-refractivity contribution in [1.82, 2.24) is 0 Å². The summed E-state index contributed by atoms with van der Waals surface area (Å²) < 4.78 is 11.3. The van der Waals surface area contributed by atoms with Gasteiger partial charge in [-0.05, 0) is 72.7 Å². The van der Waals surface area contributed by atoms with Crippen LogP contribution in [-0.4, -0.2) is 0 Å². The normalized spacial score (nSPS) is 27.1. The minimum atomic E-state index is -0.334. The zero-order chi connectivity index (χ0) is 18.6. The van der Waals surface area contributed by atoms with Gasteiger partial charge in [-0.1, -0.05) is 42.5 Å². The van der Waals surface area contributed by atoms with E-state index in [9.17, 15) is 0 Å². The molecule has 0 radical (unpaired) electrons.